The summed E-state index contributed by atoms with van der Waals surface area (Å²) in [5.74, 6) is 5.82. The van der Waals surface area contributed by atoms with E-state index < -0.39 is 0 Å². The molecule has 0 N–H and O–H groups in total. The van der Waals surface area contributed by atoms with Gasteiger partial charge < -0.3 is 9.47 Å². The van der Waals surface area contributed by atoms with E-state index in [-0.39, 0.29) is 17.5 Å². The zero-order valence-corrected chi connectivity index (χ0v) is 38.8. The van der Waals surface area contributed by atoms with E-state index >= 15 is 0 Å². The molecule has 0 aliphatic heterocycles. The van der Waals surface area contributed by atoms with Gasteiger partial charge in [-0.3, -0.25) is 0 Å². The Balaban J connectivity index is 0.890. The Morgan fingerprint density at radius 3 is 1.92 bits per heavy atom. The molecule has 0 amide bonds. The third-order valence-electron chi connectivity index (χ3n) is 16.6. The molecule has 0 heterocycles. The lowest BCUT2D eigenvalue weighted by Gasteiger charge is -2.58. The third-order valence-corrected chi connectivity index (χ3v) is 16.6. The van der Waals surface area contributed by atoms with Crippen LogP contribution in [0.25, 0.3) is 11.1 Å². The second kappa shape index (κ2) is 22.5. The molecule has 4 aliphatic carbocycles. The summed E-state index contributed by atoms with van der Waals surface area (Å²) in [6.45, 7) is 15.7. The van der Waals surface area contributed by atoms with Crippen molar-refractivity contribution in [3.63, 3.8) is 0 Å². The van der Waals surface area contributed by atoms with E-state index in [1.807, 2.05) is 12.1 Å². The largest absolute Gasteiger partial charge is 0.494 e. The lowest BCUT2D eigenvalue weighted by molar-refractivity contribution is -0.0594. The molecule has 8 atom stereocenters. The van der Waals surface area contributed by atoms with Crippen molar-refractivity contribution in [1.29, 1.82) is 0 Å². The first-order valence-corrected chi connectivity index (χ1v) is 25.4. The number of fused-ring (bicyclic) bond motifs is 5. The average Bonchev–Trinajstić information content (AvgIpc) is 3.60. The molecule has 2 aromatic carbocycles. The lowest BCUT2D eigenvalue weighted by atomic mass is 9.47. The Bertz CT molecular complexity index is 1570. The van der Waals surface area contributed by atoms with Crippen molar-refractivity contribution in [2.45, 2.75) is 208 Å². The zero-order chi connectivity index (χ0) is 41.7. The van der Waals surface area contributed by atoms with E-state index in [0.29, 0.717) is 11.0 Å². The standard InChI is InChI=1S/C56H86O3/c1-7-8-9-10-11-12-13-14-15-16-17-18-19-20-40-58-48-31-28-45(29-32-48)44-24-26-46(27-25-44)54(57)59-49-36-38-55(5)47(41-49)30-33-50-52-35-34-51(43(4)23-21-22-42(2)3)56(52,6)39-37-53(50)55/h24-32,42-43,49-53H,7-23,33-41H2,1-6H3/t43-,49+,50+,51-,52+,53+,55+,56-/m1/s1. The number of carbonyl (C=O) groups excluding carboxylic acids is 1. The number of benzene rings is 2. The van der Waals surface area contributed by atoms with E-state index in [0.717, 1.165) is 84.7 Å². The van der Waals surface area contributed by atoms with Crippen LogP contribution in [0.1, 0.15) is 212 Å². The average molecular weight is 807 g/mol. The van der Waals surface area contributed by atoms with Gasteiger partial charge in [-0.1, -0.05) is 180 Å². The molecule has 0 spiro atoms. The second-order valence-electron chi connectivity index (χ2n) is 21.1. The Kier molecular flexibility index (Phi) is 17.5. The van der Waals surface area contributed by atoms with Crippen LogP contribution in [-0.2, 0) is 4.74 Å². The van der Waals surface area contributed by atoms with Crippen LogP contribution in [0.4, 0.5) is 0 Å². The Morgan fingerprint density at radius 2 is 1.29 bits per heavy atom. The van der Waals surface area contributed by atoms with Crippen LogP contribution in [0, 0.1) is 46.3 Å². The molecular weight excluding hydrogens is 721 g/mol. The first-order valence-electron chi connectivity index (χ1n) is 25.4. The van der Waals surface area contributed by atoms with E-state index in [9.17, 15) is 4.79 Å². The Labute approximate surface area is 362 Å². The highest BCUT2D eigenvalue weighted by Crippen LogP contribution is 2.67. The first-order chi connectivity index (χ1) is 28.6. The van der Waals surface area contributed by atoms with Crippen LogP contribution in [0.5, 0.6) is 5.75 Å². The normalized spacial score (nSPS) is 28.1. The minimum Gasteiger partial charge on any atom is -0.494 e. The lowest BCUT2D eigenvalue weighted by Crippen LogP contribution is -2.51. The van der Waals surface area contributed by atoms with Crippen molar-refractivity contribution in [3.8, 4) is 16.9 Å². The second-order valence-corrected chi connectivity index (χ2v) is 21.1. The molecular formula is C56H86O3. The maximum Gasteiger partial charge on any atom is 0.338 e. The van der Waals surface area contributed by atoms with Crippen LogP contribution in [0.3, 0.4) is 0 Å². The summed E-state index contributed by atoms with van der Waals surface area (Å²) in [5.41, 5.74) is 5.26. The summed E-state index contributed by atoms with van der Waals surface area (Å²) < 4.78 is 12.3. The van der Waals surface area contributed by atoms with Gasteiger partial charge in [0.2, 0.25) is 0 Å². The number of unbranched alkanes of at least 4 members (excludes halogenated alkanes) is 13. The molecule has 3 saturated carbocycles. The van der Waals surface area contributed by atoms with Crippen LogP contribution in [-0.4, -0.2) is 18.7 Å². The molecule has 3 fully saturated rings. The van der Waals surface area contributed by atoms with Gasteiger partial charge in [0.05, 0.1) is 12.2 Å². The highest BCUT2D eigenvalue weighted by Gasteiger charge is 2.59. The fourth-order valence-electron chi connectivity index (χ4n) is 13.0. The van der Waals surface area contributed by atoms with Gasteiger partial charge in [0.25, 0.3) is 0 Å². The molecule has 6 rings (SSSR count). The molecule has 0 bridgehead atoms. The monoisotopic (exact) mass is 807 g/mol. The van der Waals surface area contributed by atoms with E-state index in [4.69, 9.17) is 9.47 Å². The molecule has 0 saturated heterocycles. The number of esters is 1. The minimum atomic E-state index is -0.181. The van der Waals surface area contributed by atoms with Crippen molar-refractivity contribution in [2.75, 3.05) is 6.61 Å². The van der Waals surface area contributed by atoms with E-state index in [1.54, 1.807) is 5.57 Å². The van der Waals surface area contributed by atoms with Gasteiger partial charge in [-0.25, -0.2) is 4.79 Å². The third kappa shape index (κ3) is 12.1. The molecule has 2 aromatic rings. The summed E-state index contributed by atoms with van der Waals surface area (Å²) >= 11 is 0. The molecule has 59 heavy (non-hydrogen) atoms. The van der Waals surface area contributed by atoms with Gasteiger partial charge in [-0.15, -0.1) is 0 Å². The smallest absolute Gasteiger partial charge is 0.338 e. The quantitative estimate of drug-likeness (QED) is 0.0602. The number of carbonyl (C=O) groups is 1. The summed E-state index contributed by atoms with van der Waals surface area (Å²) in [5, 5.41) is 0. The highest BCUT2D eigenvalue weighted by molar-refractivity contribution is 5.90. The van der Waals surface area contributed by atoms with Crippen molar-refractivity contribution >= 4 is 5.97 Å². The number of ether oxygens (including phenoxy) is 2. The topological polar surface area (TPSA) is 35.5 Å². The number of allylic oxidation sites excluding steroid dienone is 1. The molecule has 3 heteroatoms. The zero-order valence-electron chi connectivity index (χ0n) is 38.8. The fraction of sp³-hybridized carbons (Fsp3) is 0.732. The predicted octanol–water partition coefficient (Wildman–Crippen LogP) is 16.8. The van der Waals surface area contributed by atoms with Crippen molar-refractivity contribution in [1.82, 2.24) is 0 Å². The van der Waals surface area contributed by atoms with Crippen LogP contribution in [0.2, 0.25) is 0 Å². The first kappa shape index (κ1) is 46.0. The molecule has 3 nitrogen and oxygen atoms in total. The SMILES string of the molecule is CCCCCCCCCCCCCCCCOc1ccc(-c2ccc(C(=O)O[C@H]3CC[C@@]4(C)C(=CC[C@H]5[C@@H]6CC[C@H]([C@H](C)CCCC(C)C)[C@@]6(C)CC[C@@H]54)C3)cc2)cc1. The van der Waals surface area contributed by atoms with Gasteiger partial charge in [0.1, 0.15) is 11.9 Å². The summed E-state index contributed by atoms with van der Waals surface area (Å²) in [7, 11) is 0. The predicted molar refractivity (Wildman–Crippen MR) is 250 cm³/mol. The van der Waals surface area contributed by atoms with Crippen LogP contribution in [0.15, 0.2) is 60.2 Å². The molecule has 0 aromatic heterocycles. The number of hydrogen-bond donors (Lipinski definition) is 0. The summed E-state index contributed by atoms with van der Waals surface area (Å²) in [6.07, 6.45) is 35.9. The maximum atomic E-state index is 13.4. The molecule has 4 aliphatic rings. The van der Waals surface area contributed by atoms with Gasteiger partial charge >= 0.3 is 5.97 Å². The van der Waals surface area contributed by atoms with Gasteiger partial charge in [0, 0.05) is 6.42 Å². The fourth-order valence-corrected chi connectivity index (χ4v) is 13.0. The Hall–Kier alpha value is -2.55. The van der Waals surface area contributed by atoms with Crippen LogP contribution < -0.4 is 4.74 Å². The van der Waals surface area contributed by atoms with Crippen molar-refractivity contribution in [3.05, 3.63) is 65.7 Å². The van der Waals surface area contributed by atoms with E-state index in [1.165, 1.54) is 135 Å². The summed E-state index contributed by atoms with van der Waals surface area (Å²) in [6, 6.07) is 16.4. The van der Waals surface area contributed by atoms with Gasteiger partial charge in [0.15, 0.2) is 0 Å². The number of rotatable bonds is 24. The number of hydrogen-bond acceptors (Lipinski definition) is 3. The molecule has 328 valence electrons. The molecule has 0 radical (unpaired) electrons. The van der Waals surface area contributed by atoms with Gasteiger partial charge in [-0.05, 0) is 133 Å². The maximum absolute atomic E-state index is 13.4. The van der Waals surface area contributed by atoms with E-state index in [2.05, 4.69) is 84.0 Å². The van der Waals surface area contributed by atoms with Crippen molar-refractivity contribution < 1.29 is 14.3 Å². The highest BCUT2D eigenvalue weighted by atomic mass is 16.5. The van der Waals surface area contributed by atoms with Gasteiger partial charge in [-0.2, -0.15) is 0 Å². The minimum absolute atomic E-state index is 0.0217. The Morgan fingerprint density at radius 1 is 0.678 bits per heavy atom. The summed E-state index contributed by atoms with van der Waals surface area (Å²) in [4.78, 5) is 13.4. The molecule has 0 unspecified atom stereocenters. The van der Waals surface area contributed by atoms with Crippen LogP contribution >= 0.6 is 0 Å². The van der Waals surface area contributed by atoms with Crippen molar-refractivity contribution in [2.24, 2.45) is 46.3 Å².